The number of benzene rings is 2. The van der Waals surface area contributed by atoms with Crippen LogP contribution in [0, 0.1) is 11.3 Å². The summed E-state index contributed by atoms with van der Waals surface area (Å²) in [6, 6.07) is 22.7. The van der Waals surface area contributed by atoms with Crippen LogP contribution in [0.5, 0.6) is 0 Å². The maximum absolute atomic E-state index is 12.5. The van der Waals surface area contributed by atoms with Gasteiger partial charge in [-0.15, -0.1) is 0 Å². The highest BCUT2D eigenvalue weighted by molar-refractivity contribution is 5.92. The Morgan fingerprint density at radius 1 is 1.08 bits per heavy atom. The fourth-order valence-electron chi connectivity index (χ4n) is 2.56. The van der Waals surface area contributed by atoms with Gasteiger partial charge in [0.2, 0.25) is 0 Å². The Kier molecular flexibility index (Phi) is 5.25. The Labute approximate surface area is 152 Å². The Morgan fingerprint density at radius 2 is 1.81 bits per heavy atom. The molecule has 3 rings (SSSR count). The quantitative estimate of drug-likeness (QED) is 0.762. The molecule has 3 aromatic rings. The maximum Gasteiger partial charge on any atom is 0.272 e. The molecule has 2 aromatic carbocycles. The van der Waals surface area contributed by atoms with E-state index in [1.54, 1.807) is 36.3 Å². The Balaban J connectivity index is 1.69. The third-order valence-electron chi connectivity index (χ3n) is 3.92. The van der Waals surface area contributed by atoms with Gasteiger partial charge in [0.25, 0.3) is 5.91 Å². The first-order valence-electron chi connectivity index (χ1n) is 8.19. The van der Waals surface area contributed by atoms with E-state index in [0.717, 1.165) is 11.3 Å². The first kappa shape index (κ1) is 17.2. The molecule has 5 nitrogen and oxygen atoms in total. The van der Waals surface area contributed by atoms with Gasteiger partial charge in [0, 0.05) is 13.6 Å². The Morgan fingerprint density at radius 3 is 2.50 bits per heavy atom. The fraction of sp³-hybridized carbons (Fsp3) is 0.0952. The summed E-state index contributed by atoms with van der Waals surface area (Å²) >= 11 is 0. The van der Waals surface area contributed by atoms with E-state index in [2.05, 4.69) is 16.4 Å². The predicted octanol–water partition coefficient (Wildman–Crippen LogP) is 3.97. The molecule has 0 saturated heterocycles. The molecule has 5 heteroatoms. The van der Waals surface area contributed by atoms with Crippen molar-refractivity contribution >= 4 is 17.3 Å². The third-order valence-corrected chi connectivity index (χ3v) is 3.92. The first-order valence-corrected chi connectivity index (χ1v) is 8.19. The lowest BCUT2D eigenvalue weighted by Crippen LogP contribution is -2.26. The van der Waals surface area contributed by atoms with Crippen LogP contribution < -0.4 is 5.32 Å². The molecule has 0 aliphatic heterocycles. The van der Waals surface area contributed by atoms with E-state index in [0.29, 0.717) is 23.5 Å². The van der Waals surface area contributed by atoms with E-state index < -0.39 is 0 Å². The molecule has 1 amide bonds. The van der Waals surface area contributed by atoms with E-state index in [1.165, 1.54) is 0 Å². The molecule has 0 bridgehead atoms. The van der Waals surface area contributed by atoms with Crippen LogP contribution >= 0.6 is 0 Å². The summed E-state index contributed by atoms with van der Waals surface area (Å²) in [6.45, 7) is 0.525. The summed E-state index contributed by atoms with van der Waals surface area (Å²) in [5.74, 6) is -0.141. The molecule has 1 N–H and O–H groups in total. The van der Waals surface area contributed by atoms with Crippen LogP contribution in [0.25, 0.3) is 0 Å². The highest BCUT2D eigenvalue weighted by Gasteiger charge is 2.13. The number of amides is 1. The summed E-state index contributed by atoms with van der Waals surface area (Å²) in [6.07, 6.45) is 1.59. The second-order valence-electron chi connectivity index (χ2n) is 5.86. The average molecular weight is 342 g/mol. The number of hydrogen-bond acceptors (Lipinski definition) is 4. The van der Waals surface area contributed by atoms with Crippen molar-refractivity contribution in [2.24, 2.45) is 0 Å². The molecular formula is C21H18N4O. The van der Waals surface area contributed by atoms with Gasteiger partial charge in [0.1, 0.15) is 11.8 Å². The van der Waals surface area contributed by atoms with Crippen LogP contribution in [0.1, 0.15) is 21.6 Å². The maximum atomic E-state index is 12.5. The number of nitrogens with one attached hydrogen (secondary N) is 1. The molecule has 0 aliphatic carbocycles. The van der Waals surface area contributed by atoms with Gasteiger partial charge in [-0.25, -0.2) is 4.98 Å². The predicted molar refractivity (Wildman–Crippen MR) is 101 cm³/mol. The van der Waals surface area contributed by atoms with Gasteiger partial charge in [-0.1, -0.05) is 42.5 Å². The third kappa shape index (κ3) is 4.05. The second kappa shape index (κ2) is 7.95. The van der Waals surface area contributed by atoms with E-state index in [4.69, 9.17) is 5.26 Å². The molecule has 0 saturated carbocycles. The topological polar surface area (TPSA) is 69.0 Å². The van der Waals surface area contributed by atoms with Crippen LogP contribution in [0.3, 0.4) is 0 Å². The van der Waals surface area contributed by atoms with Crippen molar-refractivity contribution < 1.29 is 4.79 Å². The van der Waals surface area contributed by atoms with Gasteiger partial charge < -0.3 is 10.2 Å². The van der Waals surface area contributed by atoms with Gasteiger partial charge in [-0.05, 0) is 29.8 Å². The van der Waals surface area contributed by atoms with Gasteiger partial charge in [-0.3, -0.25) is 4.79 Å². The number of rotatable bonds is 5. The van der Waals surface area contributed by atoms with Crippen LogP contribution in [-0.2, 0) is 6.54 Å². The molecule has 0 radical (unpaired) electrons. The number of pyridine rings is 1. The average Bonchev–Trinajstić information content (AvgIpc) is 2.69. The van der Waals surface area contributed by atoms with Crippen molar-refractivity contribution in [1.29, 1.82) is 5.26 Å². The number of para-hydroxylation sites is 1. The van der Waals surface area contributed by atoms with Crippen molar-refractivity contribution in [3.63, 3.8) is 0 Å². The van der Waals surface area contributed by atoms with Crippen molar-refractivity contribution in [3.05, 3.63) is 89.7 Å². The summed E-state index contributed by atoms with van der Waals surface area (Å²) < 4.78 is 0. The zero-order chi connectivity index (χ0) is 18.4. The molecule has 0 aliphatic rings. The minimum absolute atomic E-state index is 0.141. The normalized spacial score (nSPS) is 10.0. The number of anilines is 2. The van der Waals surface area contributed by atoms with E-state index in [1.807, 2.05) is 48.5 Å². The number of hydrogen-bond donors (Lipinski definition) is 1. The molecule has 0 fully saturated rings. The Bertz CT molecular complexity index is 930. The fourth-order valence-corrected chi connectivity index (χ4v) is 2.56. The molecule has 26 heavy (non-hydrogen) atoms. The minimum Gasteiger partial charge on any atom is -0.353 e. The van der Waals surface area contributed by atoms with Crippen LogP contribution in [0.15, 0.2) is 72.9 Å². The second-order valence-corrected chi connectivity index (χ2v) is 5.86. The van der Waals surface area contributed by atoms with Crippen molar-refractivity contribution in [2.45, 2.75) is 6.54 Å². The van der Waals surface area contributed by atoms with Crippen LogP contribution in [0.2, 0.25) is 0 Å². The molecular weight excluding hydrogens is 324 g/mol. The number of nitriles is 1. The monoisotopic (exact) mass is 342 g/mol. The number of carbonyl (C=O) groups excluding carboxylic acids is 1. The molecule has 0 atom stereocenters. The zero-order valence-electron chi connectivity index (χ0n) is 14.4. The van der Waals surface area contributed by atoms with Crippen molar-refractivity contribution in [2.75, 3.05) is 12.4 Å². The zero-order valence-corrected chi connectivity index (χ0v) is 14.4. The SMILES string of the molecule is CN(Cc1ccccc1)C(=O)c1ccc(Nc2ccccc2C#N)cn1. The highest BCUT2D eigenvalue weighted by atomic mass is 16.2. The van der Waals surface area contributed by atoms with Crippen molar-refractivity contribution in [3.8, 4) is 6.07 Å². The largest absolute Gasteiger partial charge is 0.353 e. The summed E-state index contributed by atoms with van der Waals surface area (Å²) in [5, 5.41) is 12.3. The highest BCUT2D eigenvalue weighted by Crippen LogP contribution is 2.20. The standard InChI is InChI=1S/C21H18N4O/c1-25(15-16-7-3-2-4-8-16)21(26)20-12-11-18(14-23-20)24-19-10-6-5-9-17(19)13-22/h2-12,14,24H,15H2,1H3. The lowest BCUT2D eigenvalue weighted by molar-refractivity contribution is 0.0779. The van der Waals surface area contributed by atoms with Crippen LogP contribution in [-0.4, -0.2) is 22.8 Å². The van der Waals surface area contributed by atoms with E-state index in [-0.39, 0.29) is 5.91 Å². The molecule has 1 heterocycles. The van der Waals surface area contributed by atoms with Gasteiger partial charge in [0.15, 0.2) is 0 Å². The number of aromatic nitrogens is 1. The summed E-state index contributed by atoms with van der Waals surface area (Å²) in [5.41, 5.74) is 3.42. The van der Waals surface area contributed by atoms with Gasteiger partial charge in [-0.2, -0.15) is 5.26 Å². The number of carbonyl (C=O) groups is 1. The molecule has 128 valence electrons. The lowest BCUT2D eigenvalue weighted by atomic mass is 10.2. The number of nitrogens with zero attached hydrogens (tertiary/aromatic N) is 3. The molecule has 1 aromatic heterocycles. The van der Waals surface area contributed by atoms with Crippen molar-refractivity contribution in [1.82, 2.24) is 9.88 Å². The smallest absolute Gasteiger partial charge is 0.272 e. The lowest BCUT2D eigenvalue weighted by Gasteiger charge is -2.17. The first-order chi connectivity index (χ1) is 12.7. The van der Waals surface area contributed by atoms with E-state index >= 15 is 0 Å². The minimum atomic E-state index is -0.141. The Hall–Kier alpha value is -3.65. The van der Waals surface area contributed by atoms with E-state index in [9.17, 15) is 4.79 Å². The van der Waals surface area contributed by atoms with Gasteiger partial charge >= 0.3 is 0 Å². The van der Waals surface area contributed by atoms with Crippen LogP contribution in [0.4, 0.5) is 11.4 Å². The van der Waals surface area contributed by atoms with Gasteiger partial charge in [0.05, 0.1) is 23.1 Å². The summed E-state index contributed by atoms with van der Waals surface area (Å²) in [4.78, 5) is 18.4. The summed E-state index contributed by atoms with van der Waals surface area (Å²) in [7, 11) is 1.76. The molecule has 0 unspecified atom stereocenters. The molecule has 0 spiro atoms.